The molecule has 0 aliphatic rings. The number of hydrogen-bond donors (Lipinski definition) is 0. The molecule has 0 saturated carbocycles. The number of benzene rings is 8. The number of fused-ring (bicyclic) bond motifs is 5. The molecule has 210 valence electrons. The molecular weight excluding hydrogens is 544 g/mol. The van der Waals surface area contributed by atoms with Gasteiger partial charge >= 0.3 is 0 Å². The highest BCUT2D eigenvalue weighted by Gasteiger charge is 2.18. The molecule has 0 unspecified atom stereocenters. The molecule has 0 aliphatic carbocycles. The SMILES string of the molecule is [2H]c1c(-c2ccccc2)c([2H])c2oc3c([2H])c(-c4c5ccccc5c(-c5cccc(-c6ccccc6)c5)c5ccccc45)c([2H])c([2H])c3c2c1[2H]. The minimum absolute atomic E-state index is 0.0282. The first-order valence-electron chi connectivity index (χ1n) is 18.0. The standard InChI is InChI=1S/C44H28O/c1-3-12-29(13-4-1)31-16-11-17-33(26-31)43-37-18-7-9-20-39(37)44(40-21-10-8-19-38(40)43)34-23-25-36-35-24-22-32(30-14-5-2-6-15-30)27-41(35)45-42(36)28-34/h1-28H/i22D,23D,24D,25D,27D,28D. The second-order valence-electron chi connectivity index (χ2n) is 11.2. The molecule has 0 fully saturated rings. The lowest BCUT2D eigenvalue weighted by Gasteiger charge is -2.18. The van der Waals surface area contributed by atoms with Crippen molar-refractivity contribution < 1.29 is 12.6 Å². The van der Waals surface area contributed by atoms with Crippen LogP contribution < -0.4 is 0 Å². The smallest absolute Gasteiger partial charge is 0.136 e. The van der Waals surface area contributed by atoms with Crippen LogP contribution in [0.5, 0.6) is 0 Å². The van der Waals surface area contributed by atoms with Crippen LogP contribution in [0.15, 0.2) is 174 Å². The monoisotopic (exact) mass is 578 g/mol. The largest absolute Gasteiger partial charge is 0.456 e. The molecule has 8 aromatic carbocycles. The average Bonchev–Trinajstić information content (AvgIpc) is 3.59. The van der Waals surface area contributed by atoms with Gasteiger partial charge in [0.1, 0.15) is 11.2 Å². The maximum Gasteiger partial charge on any atom is 0.136 e. The highest BCUT2D eigenvalue weighted by atomic mass is 16.3. The van der Waals surface area contributed by atoms with Crippen molar-refractivity contribution in [1.82, 2.24) is 0 Å². The van der Waals surface area contributed by atoms with Crippen LogP contribution in [-0.4, -0.2) is 0 Å². The van der Waals surface area contributed by atoms with Crippen molar-refractivity contribution in [2.45, 2.75) is 0 Å². The summed E-state index contributed by atoms with van der Waals surface area (Å²) in [6, 6.07) is 42.8. The van der Waals surface area contributed by atoms with Crippen LogP contribution in [0.4, 0.5) is 0 Å². The molecule has 0 N–H and O–H groups in total. The Balaban J connectivity index is 1.36. The average molecular weight is 579 g/mol. The van der Waals surface area contributed by atoms with Gasteiger partial charge in [0, 0.05) is 10.8 Å². The van der Waals surface area contributed by atoms with Gasteiger partial charge in [-0.1, -0.05) is 139 Å². The van der Waals surface area contributed by atoms with E-state index in [0.717, 1.165) is 43.8 Å². The van der Waals surface area contributed by atoms with Gasteiger partial charge < -0.3 is 4.42 Å². The number of hydrogen-bond acceptors (Lipinski definition) is 1. The fraction of sp³-hybridized carbons (Fsp3) is 0. The van der Waals surface area contributed by atoms with Crippen molar-refractivity contribution in [2.75, 3.05) is 0 Å². The molecule has 9 rings (SSSR count). The van der Waals surface area contributed by atoms with E-state index in [1.54, 1.807) is 12.1 Å². The molecule has 0 bridgehead atoms. The summed E-state index contributed by atoms with van der Waals surface area (Å²) in [6.07, 6.45) is 0. The van der Waals surface area contributed by atoms with E-state index < -0.39 is 0 Å². The van der Waals surface area contributed by atoms with Crippen LogP contribution in [0.25, 0.3) is 88.0 Å². The number of furan rings is 1. The van der Waals surface area contributed by atoms with E-state index >= 15 is 0 Å². The van der Waals surface area contributed by atoms with Crippen LogP contribution in [0.2, 0.25) is 0 Å². The fourth-order valence-electron chi connectivity index (χ4n) is 6.45. The van der Waals surface area contributed by atoms with Crippen molar-refractivity contribution in [3.8, 4) is 44.5 Å². The zero-order valence-corrected chi connectivity index (χ0v) is 24.1. The lowest BCUT2D eigenvalue weighted by Crippen LogP contribution is -1.91. The molecule has 0 spiro atoms. The van der Waals surface area contributed by atoms with Crippen molar-refractivity contribution in [1.29, 1.82) is 0 Å². The highest BCUT2D eigenvalue weighted by molar-refractivity contribution is 6.22. The summed E-state index contributed by atoms with van der Waals surface area (Å²) in [6.45, 7) is 0. The van der Waals surface area contributed by atoms with Crippen LogP contribution in [-0.2, 0) is 0 Å². The van der Waals surface area contributed by atoms with Gasteiger partial charge in [0.15, 0.2) is 0 Å². The van der Waals surface area contributed by atoms with Gasteiger partial charge in [-0.05, 0) is 96.3 Å². The molecule has 0 radical (unpaired) electrons. The van der Waals surface area contributed by atoms with E-state index in [1.165, 1.54) is 0 Å². The molecule has 0 aliphatic heterocycles. The Kier molecular flexibility index (Phi) is 4.63. The molecule has 9 aromatic rings. The van der Waals surface area contributed by atoms with Crippen LogP contribution in [0.3, 0.4) is 0 Å². The zero-order valence-electron chi connectivity index (χ0n) is 30.1. The Bertz CT molecular complexity index is 2800. The van der Waals surface area contributed by atoms with Gasteiger partial charge in [0.2, 0.25) is 0 Å². The number of rotatable bonds is 4. The second-order valence-corrected chi connectivity index (χ2v) is 11.2. The van der Waals surface area contributed by atoms with Gasteiger partial charge in [-0.3, -0.25) is 0 Å². The molecule has 45 heavy (non-hydrogen) atoms. The predicted molar refractivity (Wildman–Crippen MR) is 190 cm³/mol. The second kappa shape index (κ2) is 10.4. The quantitative estimate of drug-likeness (QED) is 0.189. The van der Waals surface area contributed by atoms with E-state index in [2.05, 4.69) is 48.5 Å². The minimum atomic E-state index is -0.206. The topological polar surface area (TPSA) is 13.1 Å². The van der Waals surface area contributed by atoms with E-state index in [9.17, 15) is 4.11 Å². The maximum atomic E-state index is 9.58. The summed E-state index contributed by atoms with van der Waals surface area (Å²) in [7, 11) is 0. The van der Waals surface area contributed by atoms with Crippen LogP contribution >= 0.6 is 0 Å². The van der Waals surface area contributed by atoms with Gasteiger partial charge in [0.25, 0.3) is 0 Å². The molecule has 1 heteroatoms. The first-order chi connectivity index (χ1) is 24.8. The van der Waals surface area contributed by atoms with Crippen molar-refractivity contribution in [3.63, 3.8) is 0 Å². The third-order valence-electron chi connectivity index (χ3n) is 8.51. The van der Waals surface area contributed by atoms with E-state index in [0.29, 0.717) is 11.1 Å². The van der Waals surface area contributed by atoms with Gasteiger partial charge in [0.05, 0.1) is 8.22 Å². The van der Waals surface area contributed by atoms with E-state index in [1.807, 2.05) is 72.8 Å². The Morgan fingerprint density at radius 3 is 1.33 bits per heavy atom. The molecule has 1 aromatic heterocycles. The van der Waals surface area contributed by atoms with Crippen molar-refractivity contribution in [3.05, 3.63) is 170 Å². The van der Waals surface area contributed by atoms with Crippen LogP contribution in [0.1, 0.15) is 8.22 Å². The summed E-state index contributed by atoms with van der Waals surface area (Å²) in [4.78, 5) is 0. The Hall–Kier alpha value is -5.92. The minimum Gasteiger partial charge on any atom is -0.456 e. The van der Waals surface area contributed by atoms with Crippen LogP contribution in [0, 0.1) is 0 Å². The molecule has 0 saturated heterocycles. The molecule has 0 atom stereocenters. The van der Waals surface area contributed by atoms with Gasteiger partial charge in [-0.2, -0.15) is 0 Å². The fourth-order valence-corrected chi connectivity index (χ4v) is 6.45. The molecule has 1 nitrogen and oxygen atoms in total. The lowest BCUT2D eigenvalue weighted by molar-refractivity contribution is 0.669. The third-order valence-corrected chi connectivity index (χ3v) is 8.51. The summed E-state index contributed by atoms with van der Waals surface area (Å²) in [5, 5.41) is 3.77. The first kappa shape index (κ1) is 20.1. The summed E-state index contributed by atoms with van der Waals surface area (Å²) < 4.78 is 61.5. The van der Waals surface area contributed by atoms with E-state index in [-0.39, 0.29) is 69.3 Å². The normalized spacial score (nSPS) is 13.4. The Labute approximate surface area is 270 Å². The first-order valence-corrected chi connectivity index (χ1v) is 15.0. The molecule has 0 amide bonds. The zero-order chi connectivity index (χ0) is 35.0. The summed E-state index contributed by atoms with van der Waals surface area (Å²) >= 11 is 0. The van der Waals surface area contributed by atoms with Crippen molar-refractivity contribution >= 4 is 43.5 Å². The predicted octanol–water partition coefficient (Wildman–Crippen LogP) is 12.6. The van der Waals surface area contributed by atoms with Gasteiger partial charge in [-0.25, -0.2) is 0 Å². The van der Waals surface area contributed by atoms with E-state index in [4.69, 9.17) is 8.53 Å². The summed E-state index contributed by atoms with van der Waals surface area (Å²) in [5.74, 6) is 0. The Morgan fingerprint density at radius 2 is 0.756 bits per heavy atom. The molecule has 1 heterocycles. The lowest BCUT2D eigenvalue weighted by atomic mass is 9.85. The Morgan fingerprint density at radius 1 is 0.333 bits per heavy atom. The van der Waals surface area contributed by atoms with Crippen molar-refractivity contribution in [2.24, 2.45) is 0 Å². The summed E-state index contributed by atoms with van der Waals surface area (Å²) in [5.41, 5.74) is 6.09. The molecular formula is C44H28O. The highest BCUT2D eigenvalue weighted by Crippen LogP contribution is 2.45. The third kappa shape index (κ3) is 4.24. The van der Waals surface area contributed by atoms with Gasteiger partial charge in [-0.15, -0.1) is 0 Å². The maximum absolute atomic E-state index is 9.58.